The minimum atomic E-state index is 0.536. The third-order valence-corrected chi connectivity index (χ3v) is 1.25. The summed E-state index contributed by atoms with van der Waals surface area (Å²) in [5, 5.41) is 6.54. The molecule has 40 valence electrons. The van der Waals surface area contributed by atoms with Gasteiger partial charge in [-0.25, -0.2) is 0 Å². The van der Waals surface area contributed by atoms with Crippen LogP contribution in [0.15, 0.2) is 0 Å². The second-order valence-corrected chi connectivity index (χ2v) is 1.98. The highest BCUT2D eigenvalue weighted by Crippen LogP contribution is 1.81. The van der Waals surface area contributed by atoms with Gasteiger partial charge in [0.15, 0.2) is 0 Å². The summed E-state index contributed by atoms with van der Waals surface area (Å²) in [5.41, 5.74) is 0. The highest BCUT2D eigenvalue weighted by Gasteiger charge is 2.08. The molecule has 0 bridgehead atoms. The van der Waals surface area contributed by atoms with Crippen molar-refractivity contribution in [1.29, 1.82) is 0 Å². The van der Waals surface area contributed by atoms with Crippen molar-refractivity contribution in [2.24, 2.45) is 0 Å². The molecule has 1 aliphatic rings. The van der Waals surface area contributed by atoms with E-state index >= 15 is 0 Å². The van der Waals surface area contributed by atoms with Gasteiger partial charge in [0.2, 0.25) is 0 Å². The first kappa shape index (κ1) is 5.13. The fraction of sp³-hybridized carbons (Fsp3) is 1.00. The molecule has 0 spiro atoms. The van der Waals surface area contributed by atoms with E-state index < -0.39 is 0 Å². The fourth-order valence-electron chi connectivity index (χ4n) is 0.798. The second kappa shape index (κ2) is 2.33. The van der Waals surface area contributed by atoms with Crippen molar-refractivity contribution in [2.75, 3.05) is 13.1 Å². The summed E-state index contributed by atoms with van der Waals surface area (Å²) in [6, 6.07) is 0. The maximum Gasteiger partial charge on any atom is 0.301 e. The van der Waals surface area contributed by atoms with Gasteiger partial charge in [-0.1, -0.05) is 6.82 Å². The summed E-state index contributed by atoms with van der Waals surface area (Å²) in [6.45, 7) is 5.02. The Morgan fingerprint density at radius 1 is 1.29 bits per heavy atom. The van der Waals surface area contributed by atoms with Gasteiger partial charge in [-0.3, -0.25) is 0 Å². The van der Waals surface area contributed by atoms with Crippen LogP contribution in [0.25, 0.3) is 0 Å². The molecule has 0 radical (unpaired) electrons. The van der Waals surface area contributed by atoms with Crippen LogP contribution >= 0.6 is 0 Å². The molecule has 0 aromatic carbocycles. The number of rotatable bonds is 0. The maximum atomic E-state index is 3.27. The van der Waals surface area contributed by atoms with Crippen molar-refractivity contribution in [2.45, 2.75) is 13.2 Å². The van der Waals surface area contributed by atoms with Crippen LogP contribution < -0.4 is 10.5 Å². The lowest BCUT2D eigenvalue weighted by atomic mass is 9.79. The summed E-state index contributed by atoms with van der Waals surface area (Å²) < 4.78 is 0. The highest BCUT2D eigenvalue weighted by molar-refractivity contribution is 6.51. The van der Waals surface area contributed by atoms with E-state index in [1.54, 1.807) is 0 Å². The molecule has 7 heavy (non-hydrogen) atoms. The molecule has 1 aliphatic heterocycles. The van der Waals surface area contributed by atoms with Crippen LogP contribution in [0.4, 0.5) is 0 Å². The molecule has 0 aromatic rings. The molecule has 3 heteroatoms. The SMILES string of the molecule is CB1NCCCN1. The lowest BCUT2D eigenvalue weighted by Gasteiger charge is -2.17. The summed E-state index contributed by atoms with van der Waals surface area (Å²) in [7, 11) is 0. The Balaban J connectivity index is 2.12. The monoisotopic (exact) mass is 98.1 g/mol. The fourth-order valence-corrected chi connectivity index (χ4v) is 0.798. The van der Waals surface area contributed by atoms with Crippen LogP contribution in [0.3, 0.4) is 0 Å². The molecule has 2 N–H and O–H groups in total. The van der Waals surface area contributed by atoms with E-state index in [9.17, 15) is 0 Å². The predicted octanol–water partition coefficient (Wildman–Crippen LogP) is -0.313. The van der Waals surface area contributed by atoms with E-state index in [-0.39, 0.29) is 0 Å². The zero-order valence-electron chi connectivity index (χ0n) is 4.70. The first-order chi connectivity index (χ1) is 3.39. The lowest BCUT2D eigenvalue weighted by Crippen LogP contribution is -2.50. The molecule has 0 saturated carbocycles. The van der Waals surface area contributed by atoms with E-state index in [1.165, 1.54) is 19.5 Å². The zero-order chi connectivity index (χ0) is 5.11. The van der Waals surface area contributed by atoms with Gasteiger partial charge in [-0.15, -0.1) is 0 Å². The summed E-state index contributed by atoms with van der Waals surface area (Å²) in [4.78, 5) is 0. The minimum Gasteiger partial charge on any atom is -0.342 e. The molecule has 1 fully saturated rings. The molecule has 2 nitrogen and oxygen atoms in total. The van der Waals surface area contributed by atoms with Crippen LogP contribution in [-0.4, -0.2) is 20.1 Å². The van der Waals surface area contributed by atoms with Crippen LogP contribution in [0.1, 0.15) is 6.42 Å². The van der Waals surface area contributed by atoms with Gasteiger partial charge in [0.05, 0.1) is 0 Å². The largest absolute Gasteiger partial charge is 0.342 e. The second-order valence-electron chi connectivity index (χ2n) is 1.98. The Bertz CT molecular complexity index is 51.7. The van der Waals surface area contributed by atoms with Gasteiger partial charge >= 0.3 is 6.98 Å². The molecule has 0 amide bonds. The van der Waals surface area contributed by atoms with Gasteiger partial charge in [0.1, 0.15) is 0 Å². The molecular formula is C4H11BN2. The average Bonchev–Trinajstić information content (AvgIpc) is 1.69. The molecule has 0 unspecified atom stereocenters. The van der Waals surface area contributed by atoms with Crippen LogP contribution in [0.5, 0.6) is 0 Å². The average molecular weight is 98.0 g/mol. The first-order valence-corrected chi connectivity index (χ1v) is 2.86. The normalized spacial score (nSPS) is 22.7. The molecule has 1 heterocycles. The van der Waals surface area contributed by atoms with E-state index in [2.05, 4.69) is 17.3 Å². The zero-order valence-corrected chi connectivity index (χ0v) is 4.70. The molecule has 0 aromatic heterocycles. The van der Waals surface area contributed by atoms with E-state index in [0.29, 0.717) is 6.98 Å². The predicted molar refractivity (Wildman–Crippen MR) is 32.2 cm³/mol. The van der Waals surface area contributed by atoms with Gasteiger partial charge in [0, 0.05) is 0 Å². The van der Waals surface area contributed by atoms with E-state index in [4.69, 9.17) is 0 Å². The van der Waals surface area contributed by atoms with Gasteiger partial charge in [0.25, 0.3) is 0 Å². The minimum absolute atomic E-state index is 0.536. The standard InChI is InChI=1S/C4H11BN2/c1-5-6-3-2-4-7-5/h6-7H,2-4H2,1H3. The van der Waals surface area contributed by atoms with Crippen molar-refractivity contribution >= 4 is 6.98 Å². The van der Waals surface area contributed by atoms with Crippen molar-refractivity contribution in [3.05, 3.63) is 0 Å². The molecule has 1 saturated heterocycles. The van der Waals surface area contributed by atoms with Crippen LogP contribution in [0, 0.1) is 0 Å². The quantitative estimate of drug-likeness (QED) is 0.406. The Labute approximate surface area is 44.8 Å². The third-order valence-electron chi connectivity index (χ3n) is 1.25. The number of hydrogen-bond donors (Lipinski definition) is 2. The summed E-state index contributed by atoms with van der Waals surface area (Å²) in [6.07, 6.45) is 1.27. The topological polar surface area (TPSA) is 24.1 Å². The van der Waals surface area contributed by atoms with Crippen molar-refractivity contribution in [3.8, 4) is 0 Å². The summed E-state index contributed by atoms with van der Waals surface area (Å²) in [5.74, 6) is 0. The van der Waals surface area contributed by atoms with Crippen LogP contribution in [-0.2, 0) is 0 Å². The van der Waals surface area contributed by atoms with Crippen molar-refractivity contribution in [1.82, 2.24) is 10.5 Å². The van der Waals surface area contributed by atoms with E-state index in [1.807, 2.05) is 0 Å². The Kier molecular flexibility index (Phi) is 1.71. The molecule has 0 aliphatic carbocycles. The molecule has 0 atom stereocenters. The van der Waals surface area contributed by atoms with Crippen molar-refractivity contribution in [3.63, 3.8) is 0 Å². The van der Waals surface area contributed by atoms with Gasteiger partial charge in [-0.05, 0) is 19.5 Å². The highest BCUT2D eigenvalue weighted by atomic mass is 15.0. The molecule has 1 rings (SSSR count). The number of nitrogens with one attached hydrogen (secondary N) is 2. The maximum absolute atomic E-state index is 3.27. The third kappa shape index (κ3) is 1.49. The smallest absolute Gasteiger partial charge is 0.301 e. The summed E-state index contributed by atoms with van der Waals surface area (Å²) >= 11 is 0. The van der Waals surface area contributed by atoms with Gasteiger partial charge < -0.3 is 10.5 Å². The lowest BCUT2D eigenvalue weighted by molar-refractivity contribution is 0.692. The molecular weight excluding hydrogens is 86.9 g/mol. The number of hydrogen-bond acceptors (Lipinski definition) is 2. The Morgan fingerprint density at radius 2 is 1.86 bits per heavy atom. The van der Waals surface area contributed by atoms with Crippen LogP contribution in [0.2, 0.25) is 6.82 Å². The first-order valence-electron chi connectivity index (χ1n) is 2.86. The van der Waals surface area contributed by atoms with Crippen molar-refractivity contribution < 1.29 is 0 Å². The Hall–Kier alpha value is -0.0151. The van der Waals surface area contributed by atoms with Gasteiger partial charge in [-0.2, -0.15) is 0 Å². The van der Waals surface area contributed by atoms with E-state index in [0.717, 1.165) is 0 Å². The Morgan fingerprint density at radius 3 is 2.14 bits per heavy atom.